The molecule has 0 spiro atoms. The van der Waals surface area contributed by atoms with Gasteiger partial charge in [0.05, 0.1) is 18.1 Å². The number of rotatable bonds is 8. The Morgan fingerprint density at radius 1 is 1.25 bits per heavy atom. The number of aromatic nitrogens is 2. The highest BCUT2D eigenvalue weighted by molar-refractivity contribution is 5.80. The van der Waals surface area contributed by atoms with E-state index in [4.69, 9.17) is 9.47 Å². The summed E-state index contributed by atoms with van der Waals surface area (Å²) in [7, 11) is 3.57. The van der Waals surface area contributed by atoms with E-state index < -0.39 is 0 Å². The van der Waals surface area contributed by atoms with Gasteiger partial charge in [-0.1, -0.05) is 18.2 Å². The average Bonchev–Trinajstić information content (AvgIpc) is 3.28. The van der Waals surface area contributed by atoms with E-state index in [1.54, 1.807) is 13.3 Å². The summed E-state index contributed by atoms with van der Waals surface area (Å²) in [6, 6.07) is 8.35. The summed E-state index contributed by atoms with van der Waals surface area (Å²) in [4.78, 5) is 11.0. The van der Waals surface area contributed by atoms with Crippen LogP contribution in [-0.4, -0.2) is 67.0 Å². The molecule has 1 aromatic carbocycles. The molecule has 152 valence electrons. The van der Waals surface area contributed by atoms with Gasteiger partial charge in [-0.05, 0) is 30.9 Å². The number of nitrogens with zero attached hydrogens (tertiary/aromatic N) is 4. The molecule has 2 aromatic rings. The van der Waals surface area contributed by atoms with Crippen LogP contribution < -0.4 is 5.32 Å². The number of hydrogen-bond acceptors (Lipinski definition) is 4. The van der Waals surface area contributed by atoms with E-state index in [0.717, 1.165) is 57.2 Å². The van der Waals surface area contributed by atoms with Crippen molar-refractivity contribution in [2.75, 3.05) is 40.5 Å². The molecule has 7 heteroatoms. The van der Waals surface area contributed by atoms with Crippen LogP contribution in [0.25, 0.3) is 5.69 Å². The van der Waals surface area contributed by atoms with Crippen molar-refractivity contribution < 1.29 is 9.47 Å². The summed E-state index contributed by atoms with van der Waals surface area (Å²) >= 11 is 0. The van der Waals surface area contributed by atoms with Gasteiger partial charge in [0.25, 0.3) is 0 Å². The summed E-state index contributed by atoms with van der Waals surface area (Å²) in [5.41, 5.74) is 2.34. The normalized spacial score (nSPS) is 15.8. The number of nitrogens with one attached hydrogen (secondary N) is 1. The van der Waals surface area contributed by atoms with Crippen molar-refractivity contribution in [3.63, 3.8) is 0 Å². The van der Waals surface area contributed by atoms with Gasteiger partial charge in [-0.25, -0.2) is 4.98 Å². The van der Waals surface area contributed by atoms with Crippen molar-refractivity contribution in [2.45, 2.75) is 31.9 Å². The molecule has 1 aromatic heterocycles. The second kappa shape index (κ2) is 10.8. The fourth-order valence-corrected chi connectivity index (χ4v) is 3.51. The molecule has 2 heterocycles. The summed E-state index contributed by atoms with van der Waals surface area (Å²) in [5, 5.41) is 3.52. The Hall–Kier alpha value is -2.38. The lowest BCUT2D eigenvalue weighted by atomic mass is 10.1. The molecule has 7 nitrogen and oxygen atoms in total. The molecule has 0 atom stereocenters. The molecule has 1 saturated heterocycles. The summed E-state index contributed by atoms with van der Waals surface area (Å²) < 4.78 is 13.1. The molecule has 0 amide bonds. The topological polar surface area (TPSA) is 63.9 Å². The van der Waals surface area contributed by atoms with E-state index in [0.29, 0.717) is 12.6 Å². The lowest BCUT2D eigenvalue weighted by molar-refractivity contribution is 0.00990. The van der Waals surface area contributed by atoms with Crippen molar-refractivity contribution in [1.82, 2.24) is 19.8 Å². The number of guanidine groups is 1. The molecule has 0 radical (unpaired) electrons. The molecule has 0 unspecified atom stereocenters. The third-order valence-electron chi connectivity index (χ3n) is 5.01. The van der Waals surface area contributed by atoms with Crippen molar-refractivity contribution >= 4 is 5.96 Å². The Bertz CT molecular complexity index is 724. The molecule has 1 aliphatic rings. The van der Waals surface area contributed by atoms with Crippen LogP contribution in [-0.2, 0) is 16.0 Å². The van der Waals surface area contributed by atoms with Crippen LogP contribution in [0.4, 0.5) is 0 Å². The first-order valence-corrected chi connectivity index (χ1v) is 9.94. The number of ether oxygens (including phenoxy) is 2. The van der Waals surface area contributed by atoms with Crippen LogP contribution in [0.5, 0.6) is 0 Å². The number of hydrogen-bond donors (Lipinski definition) is 1. The van der Waals surface area contributed by atoms with E-state index in [-0.39, 0.29) is 0 Å². The SMILES string of the molecule is CN=C(NCc1ccccc1-n1ccnc1)N1CCC(OCCCOC)CC1. The first kappa shape index (κ1) is 20.4. The van der Waals surface area contributed by atoms with Gasteiger partial charge in [0.15, 0.2) is 5.96 Å². The van der Waals surface area contributed by atoms with Crippen molar-refractivity contribution in [3.05, 3.63) is 48.5 Å². The van der Waals surface area contributed by atoms with Gasteiger partial charge in [-0.3, -0.25) is 4.99 Å². The summed E-state index contributed by atoms with van der Waals surface area (Å²) in [6.07, 6.45) is 8.93. The van der Waals surface area contributed by atoms with E-state index >= 15 is 0 Å². The number of piperidine rings is 1. The Kier molecular flexibility index (Phi) is 7.87. The largest absolute Gasteiger partial charge is 0.385 e. The highest BCUT2D eigenvalue weighted by atomic mass is 16.5. The molecule has 0 aliphatic carbocycles. The predicted molar refractivity (Wildman–Crippen MR) is 111 cm³/mol. The second-order valence-corrected chi connectivity index (χ2v) is 6.90. The van der Waals surface area contributed by atoms with E-state index in [9.17, 15) is 0 Å². The van der Waals surface area contributed by atoms with Crippen LogP contribution in [0.15, 0.2) is 48.0 Å². The van der Waals surface area contributed by atoms with Gasteiger partial charge >= 0.3 is 0 Å². The van der Waals surface area contributed by atoms with Crippen LogP contribution in [0.3, 0.4) is 0 Å². The van der Waals surface area contributed by atoms with E-state index in [1.165, 1.54) is 5.56 Å². The molecule has 0 bridgehead atoms. The van der Waals surface area contributed by atoms with Gasteiger partial charge in [-0.15, -0.1) is 0 Å². The molecule has 1 N–H and O–H groups in total. The van der Waals surface area contributed by atoms with Gasteiger partial charge < -0.3 is 24.3 Å². The predicted octanol–water partition coefficient (Wildman–Crippen LogP) is 2.47. The molecule has 1 aliphatic heterocycles. The second-order valence-electron chi connectivity index (χ2n) is 6.90. The van der Waals surface area contributed by atoms with E-state index in [2.05, 4.69) is 38.4 Å². The Labute approximate surface area is 167 Å². The summed E-state index contributed by atoms with van der Waals surface area (Å²) in [6.45, 7) is 4.16. The van der Waals surface area contributed by atoms with E-state index in [1.807, 2.05) is 30.2 Å². The molecular weight excluding hydrogens is 354 g/mol. The minimum atomic E-state index is 0.341. The highest BCUT2D eigenvalue weighted by Crippen LogP contribution is 2.16. The minimum absolute atomic E-state index is 0.341. The zero-order valence-corrected chi connectivity index (χ0v) is 16.9. The van der Waals surface area contributed by atoms with Gasteiger partial charge in [0.2, 0.25) is 0 Å². The van der Waals surface area contributed by atoms with Crippen LogP contribution in [0.2, 0.25) is 0 Å². The number of likely N-dealkylation sites (tertiary alicyclic amines) is 1. The van der Waals surface area contributed by atoms with Crippen molar-refractivity contribution in [1.29, 1.82) is 0 Å². The Morgan fingerprint density at radius 3 is 2.79 bits per heavy atom. The standard InChI is InChI=1S/C21H31N5O2/c1-22-21(25-11-8-19(9-12-25)28-15-5-14-27-2)24-16-18-6-3-4-7-20(18)26-13-10-23-17-26/h3-4,6-7,10,13,17,19H,5,8-9,11-12,14-16H2,1-2H3,(H,22,24). The lowest BCUT2D eigenvalue weighted by Crippen LogP contribution is -2.46. The van der Waals surface area contributed by atoms with Gasteiger partial charge in [-0.2, -0.15) is 0 Å². The zero-order valence-electron chi connectivity index (χ0n) is 16.9. The quantitative estimate of drug-likeness (QED) is 0.430. The number of methoxy groups -OCH3 is 1. The van der Waals surface area contributed by atoms with Gasteiger partial charge in [0, 0.05) is 59.4 Å². The highest BCUT2D eigenvalue weighted by Gasteiger charge is 2.22. The number of imidazole rings is 1. The fourth-order valence-electron chi connectivity index (χ4n) is 3.51. The molecule has 0 saturated carbocycles. The maximum Gasteiger partial charge on any atom is 0.193 e. The van der Waals surface area contributed by atoms with Crippen LogP contribution in [0, 0.1) is 0 Å². The Balaban J connectivity index is 1.50. The third kappa shape index (κ3) is 5.56. The maximum absolute atomic E-state index is 5.96. The third-order valence-corrected chi connectivity index (χ3v) is 5.01. The average molecular weight is 386 g/mol. The van der Waals surface area contributed by atoms with Crippen LogP contribution >= 0.6 is 0 Å². The summed E-state index contributed by atoms with van der Waals surface area (Å²) in [5.74, 6) is 0.943. The van der Waals surface area contributed by atoms with Gasteiger partial charge in [0.1, 0.15) is 0 Å². The molecule has 3 rings (SSSR count). The Morgan fingerprint density at radius 2 is 2.07 bits per heavy atom. The molecule has 1 fully saturated rings. The van der Waals surface area contributed by atoms with Crippen molar-refractivity contribution in [3.8, 4) is 5.69 Å². The molecule has 28 heavy (non-hydrogen) atoms. The fraction of sp³-hybridized carbons (Fsp3) is 0.524. The van der Waals surface area contributed by atoms with Crippen molar-refractivity contribution in [2.24, 2.45) is 4.99 Å². The number of aliphatic imine (C=N–C) groups is 1. The smallest absolute Gasteiger partial charge is 0.193 e. The lowest BCUT2D eigenvalue weighted by Gasteiger charge is -2.34. The first-order chi connectivity index (χ1) is 13.8. The van der Waals surface area contributed by atoms with Crippen LogP contribution in [0.1, 0.15) is 24.8 Å². The first-order valence-electron chi connectivity index (χ1n) is 9.94. The molecular formula is C21H31N5O2. The number of para-hydroxylation sites is 1. The maximum atomic E-state index is 5.96. The number of benzene rings is 1. The zero-order chi connectivity index (χ0) is 19.6. The minimum Gasteiger partial charge on any atom is -0.385 e. The monoisotopic (exact) mass is 385 g/mol.